The Morgan fingerprint density at radius 1 is 0.857 bits per heavy atom. The first-order valence-corrected chi connectivity index (χ1v) is 9.96. The fourth-order valence-electron chi connectivity index (χ4n) is 4.72. The Morgan fingerprint density at radius 3 is 2.36 bits per heavy atom. The van der Waals surface area contributed by atoms with E-state index >= 15 is 0 Å². The molecule has 0 saturated carbocycles. The zero-order chi connectivity index (χ0) is 19.0. The number of furan rings is 1. The molecule has 2 aromatic carbocycles. The summed E-state index contributed by atoms with van der Waals surface area (Å²) in [6, 6.07) is 22.6. The van der Waals surface area contributed by atoms with E-state index in [1.807, 2.05) is 41.3 Å². The van der Waals surface area contributed by atoms with E-state index in [1.165, 1.54) is 5.56 Å². The number of benzene rings is 2. The van der Waals surface area contributed by atoms with Crippen LogP contribution in [0.2, 0.25) is 0 Å². The topological polar surface area (TPSA) is 36.7 Å². The molecule has 0 bridgehead atoms. The van der Waals surface area contributed by atoms with Gasteiger partial charge in [-0.25, -0.2) is 0 Å². The van der Waals surface area contributed by atoms with Crippen LogP contribution in [0, 0.1) is 0 Å². The first-order valence-electron chi connectivity index (χ1n) is 9.96. The van der Waals surface area contributed by atoms with Gasteiger partial charge in [0.1, 0.15) is 5.76 Å². The van der Waals surface area contributed by atoms with Crippen LogP contribution >= 0.6 is 0 Å². The summed E-state index contributed by atoms with van der Waals surface area (Å²) >= 11 is 0. The van der Waals surface area contributed by atoms with Gasteiger partial charge in [-0.1, -0.05) is 48.5 Å². The largest absolute Gasteiger partial charge is 0.468 e. The van der Waals surface area contributed by atoms with E-state index in [4.69, 9.17) is 4.42 Å². The Kier molecular flexibility index (Phi) is 4.29. The smallest absolute Gasteiger partial charge is 0.238 e. The third-order valence-electron chi connectivity index (χ3n) is 6.22. The van der Waals surface area contributed by atoms with Gasteiger partial charge < -0.3 is 9.32 Å². The molecule has 0 radical (unpaired) electrons. The number of hydrogen-bond donors (Lipinski definition) is 0. The van der Waals surface area contributed by atoms with Crippen molar-refractivity contribution in [2.75, 3.05) is 18.0 Å². The second kappa shape index (κ2) is 6.95. The Morgan fingerprint density at radius 2 is 1.61 bits per heavy atom. The molecular formula is C24H24N2O2. The number of carbonyl (C=O) groups is 1. The highest BCUT2D eigenvalue weighted by molar-refractivity contribution is 6.08. The SMILES string of the molecule is O=C1N(Cc2ccccc2)c2ccccc2C12CCN(Cc1ccco1)CC2. The number of piperidine rings is 1. The minimum atomic E-state index is -0.384. The number of amides is 1. The first kappa shape index (κ1) is 17.3. The van der Waals surface area contributed by atoms with Crippen LogP contribution in [-0.2, 0) is 23.3 Å². The minimum Gasteiger partial charge on any atom is -0.468 e. The van der Waals surface area contributed by atoms with Crippen molar-refractivity contribution in [3.63, 3.8) is 0 Å². The molecule has 0 unspecified atom stereocenters. The van der Waals surface area contributed by atoms with Gasteiger partial charge in [-0.3, -0.25) is 9.69 Å². The fraction of sp³-hybridized carbons (Fsp3) is 0.292. The van der Waals surface area contributed by atoms with Crippen LogP contribution in [0.5, 0.6) is 0 Å². The quantitative estimate of drug-likeness (QED) is 0.683. The van der Waals surface area contributed by atoms with Gasteiger partial charge in [0, 0.05) is 5.69 Å². The van der Waals surface area contributed by atoms with Crippen LogP contribution in [-0.4, -0.2) is 23.9 Å². The van der Waals surface area contributed by atoms with E-state index < -0.39 is 0 Å². The molecule has 1 spiro atoms. The van der Waals surface area contributed by atoms with Crippen LogP contribution in [0.4, 0.5) is 5.69 Å². The lowest BCUT2D eigenvalue weighted by Gasteiger charge is -2.38. The summed E-state index contributed by atoms with van der Waals surface area (Å²) in [6.07, 6.45) is 3.43. The van der Waals surface area contributed by atoms with E-state index in [0.717, 1.165) is 49.5 Å². The van der Waals surface area contributed by atoms with Gasteiger partial charge in [-0.15, -0.1) is 0 Å². The first-order chi connectivity index (χ1) is 13.8. The molecular weight excluding hydrogens is 348 g/mol. The van der Waals surface area contributed by atoms with Crippen molar-refractivity contribution in [3.05, 3.63) is 89.9 Å². The number of nitrogens with zero attached hydrogens (tertiary/aromatic N) is 2. The van der Waals surface area contributed by atoms with E-state index in [9.17, 15) is 4.79 Å². The number of para-hydroxylation sites is 1. The van der Waals surface area contributed by atoms with Gasteiger partial charge >= 0.3 is 0 Å². The molecule has 1 aromatic heterocycles. The third-order valence-corrected chi connectivity index (χ3v) is 6.22. The van der Waals surface area contributed by atoms with Crippen LogP contribution in [0.25, 0.3) is 0 Å². The van der Waals surface area contributed by atoms with Gasteiger partial charge in [-0.05, 0) is 55.3 Å². The molecule has 1 amide bonds. The van der Waals surface area contributed by atoms with Crippen molar-refractivity contribution in [1.82, 2.24) is 4.90 Å². The maximum atomic E-state index is 13.7. The van der Waals surface area contributed by atoms with Crippen LogP contribution in [0.3, 0.4) is 0 Å². The molecule has 4 nitrogen and oxygen atoms in total. The average Bonchev–Trinajstić information content (AvgIpc) is 3.33. The van der Waals surface area contributed by atoms with E-state index in [-0.39, 0.29) is 11.3 Å². The predicted octanol–water partition coefficient (Wildman–Crippen LogP) is 4.36. The van der Waals surface area contributed by atoms with Crippen LogP contribution in [0.15, 0.2) is 77.4 Å². The molecule has 1 fully saturated rings. The molecule has 5 rings (SSSR count). The summed E-state index contributed by atoms with van der Waals surface area (Å²) in [7, 11) is 0. The molecule has 0 N–H and O–H groups in total. The number of carbonyl (C=O) groups excluding carboxylic acids is 1. The van der Waals surface area contributed by atoms with Gasteiger partial charge in [-0.2, -0.15) is 0 Å². The highest BCUT2D eigenvalue weighted by Gasteiger charge is 2.51. The lowest BCUT2D eigenvalue weighted by molar-refractivity contribution is -0.125. The third kappa shape index (κ3) is 2.85. The molecule has 2 aliphatic heterocycles. The molecule has 0 atom stereocenters. The van der Waals surface area contributed by atoms with Crippen molar-refractivity contribution in [2.24, 2.45) is 0 Å². The zero-order valence-corrected chi connectivity index (χ0v) is 15.9. The zero-order valence-electron chi connectivity index (χ0n) is 15.9. The van der Waals surface area contributed by atoms with Crippen molar-refractivity contribution < 1.29 is 9.21 Å². The lowest BCUT2D eigenvalue weighted by atomic mass is 9.73. The minimum absolute atomic E-state index is 0.259. The molecule has 142 valence electrons. The molecule has 28 heavy (non-hydrogen) atoms. The number of fused-ring (bicyclic) bond motifs is 2. The second-order valence-corrected chi connectivity index (χ2v) is 7.83. The molecule has 4 heteroatoms. The van der Waals surface area contributed by atoms with E-state index in [0.29, 0.717) is 6.54 Å². The Hall–Kier alpha value is -2.85. The number of likely N-dealkylation sites (tertiary alicyclic amines) is 1. The van der Waals surface area contributed by atoms with Crippen molar-refractivity contribution in [3.8, 4) is 0 Å². The predicted molar refractivity (Wildman–Crippen MR) is 109 cm³/mol. The summed E-state index contributed by atoms with van der Waals surface area (Å²) in [4.78, 5) is 18.0. The summed E-state index contributed by atoms with van der Waals surface area (Å²) in [5.41, 5.74) is 3.06. The summed E-state index contributed by atoms with van der Waals surface area (Å²) in [5, 5.41) is 0. The van der Waals surface area contributed by atoms with Gasteiger partial charge in [0.05, 0.1) is 24.8 Å². The van der Waals surface area contributed by atoms with E-state index in [2.05, 4.69) is 35.2 Å². The van der Waals surface area contributed by atoms with Crippen LogP contribution in [0.1, 0.15) is 29.7 Å². The molecule has 3 aromatic rings. The van der Waals surface area contributed by atoms with E-state index in [1.54, 1.807) is 6.26 Å². The second-order valence-electron chi connectivity index (χ2n) is 7.83. The summed E-state index contributed by atoms with van der Waals surface area (Å²) < 4.78 is 5.50. The number of anilines is 1. The van der Waals surface area contributed by atoms with Crippen molar-refractivity contribution >= 4 is 11.6 Å². The highest BCUT2D eigenvalue weighted by Crippen LogP contribution is 2.48. The van der Waals surface area contributed by atoms with Crippen LogP contribution < -0.4 is 4.90 Å². The van der Waals surface area contributed by atoms with Gasteiger partial charge in [0.15, 0.2) is 0 Å². The standard InChI is InChI=1S/C24H24N2O2/c27-23-24(12-14-25(15-13-24)18-20-9-6-16-28-20)21-10-4-5-11-22(21)26(23)17-19-7-2-1-3-8-19/h1-11,16H,12-15,17-18H2. The Bertz CT molecular complexity index is 957. The maximum absolute atomic E-state index is 13.7. The molecule has 2 aliphatic rings. The summed E-state index contributed by atoms with van der Waals surface area (Å²) in [5.74, 6) is 1.25. The monoisotopic (exact) mass is 372 g/mol. The Balaban J connectivity index is 1.40. The van der Waals surface area contributed by atoms with Crippen molar-refractivity contribution in [1.29, 1.82) is 0 Å². The molecule has 3 heterocycles. The van der Waals surface area contributed by atoms with Gasteiger partial charge in [0.2, 0.25) is 5.91 Å². The summed E-state index contributed by atoms with van der Waals surface area (Å²) in [6.45, 7) is 3.25. The van der Waals surface area contributed by atoms with Crippen molar-refractivity contribution in [2.45, 2.75) is 31.3 Å². The number of hydrogen-bond acceptors (Lipinski definition) is 3. The lowest BCUT2D eigenvalue weighted by Crippen LogP contribution is -2.48. The highest BCUT2D eigenvalue weighted by atomic mass is 16.3. The normalized spacial score (nSPS) is 18.6. The number of rotatable bonds is 4. The molecule has 0 aliphatic carbocycles. The van der Waals surface area contributed by atoms with Gasteiger partial charge in [0.25, 0.3) is 0 Å². The molecule has 1 saturated heterocycles. The average molecular weight is 372 g/mol. The fourth-order valence-corrected chi connectivity index (χ4v) is 4.72. The maximum Gasteiger partial charge on any atom is 0.238 e. The Labute approximate surface area is 165 Å².